The van der Waals surface area contributed by atoms with Gasteiger partial charge in [-0.15, -0.1) is 0 Å². The highest BCUT2D eigenvalue weighted by molar-refractivity contribution is 9.10. The van der Waals surface area contributed by atoms with E-state index in [1.54, 1.807) is 6.07 Å². The van der Waals surface area contributed by atoms with Gasteiger partial charge in [0, 0.05) is 0 Å². The molecule has 0 aliphatic rings. The van der Waals surface area contributed by atoms with Gasteiger partial charge in [0.25, 0.3) is 5.69 Å². The lowest BCUT2D eigenvalue weighted by molar-refractivity contribution is -0.385. The number of hydrogen-bond donors (Lipinski definition) is 3. The van der Waals surface area contributed by atoms with E-state index >= 15 is 0 Å². The summed E-state index contributed by atoms with van der Waals surface area (Å²) in [6.07, 6.45) is 0. The molecule has 118 valence electrons. The molecule has 0 aliphatic heterocycles. The monoisotopic (exact) mass is 380 g/mol. The fourth-order valence-electron chi connectivity index (χ4n) is 1.90. The van der Waals surface area contributed by atoms with E-state index in [1.165, 1.54) is 7.11 Å². The largest absolute Gasteiger partial charge is 0.504 e. The van der Waals surface area contributed by atoms with E-state index in [-0.39, 0.29) is 38.8 Å². The number of rotatable bonds is 3. The maximum absolute atomic E-state index is 11.2. The van der Waals surface area contributed by atoms with Crippen molar-refractivity contribution in [3.63, 3.8) is 0 Å². The zero-order valence-electron chi connectivity index (χ0n) is 11.6. The molecule has 2 rings (SSSR count). The number of ether oxygens (including phenoxy) is 1. The molecule has 23 heavy (non-hydrogen) atoms. The first-order valence-corrected chi connectivity index (χ1v) is 6.68. The number of nitrogens with two attached hydrogens (primary N) is 2. The highest BCUT2D eigenvalue weighted by Crippen LogP contribution is 2.47. The Bertz CT molecular complexity index is 864. The summed E-state index contributed by atoms with van der Waals surface area (Å²) < 4.78 is 4.82. The van der Waals surface area contributed by atoms with Gasteiger partial charge in [0.1, 0.15) is 27.6 Å². The van der Waals surface area contributed by atoms with Crippen LogP contribution in [0, 0.1) is 21.4 Å². The number of nitrogen functional groups attached to an aromatic ring is 2. The molecule has 0 bridgehead atoms. The fraction of sp³-hybridized carbons (Fsp3) is 0.0833. The van der Waals surface area contributed by atoms with Gasteiger partial charge < -0.3 is 21.3 Å². The number of nitrogens with zero attached hydrogens (tertiary/aromatic N) is 4. The minimum atomic E-state index is -0.685. The molecule has 1 aromatic heterocycles. The third-order valence-electron chi connectivity index (χ3n) is 2.90. The van der Waals surface area contributed by atoms with E-state index in [2.05, 4.69) is 25.9 Å². The van der Waals surface area contributed by atoms with Gasteiger partial charge in [-0.3, -0.25) is 10.1 Å². The van der Waals surface area contributed by atoms with E-state index in [0.29, 0.717) is 0 Å². The van der Waals surface area contributed by atoms with Crippen molar-refractivity contribution < 1.29 is 14.8 Å². The van der Waals surface area contributed by atoms with Crippen LogP contribution in [0.5, 0.6) is 11.5 Å². The number of aromatic nitrogens is 2. The highest BCUT2D eigenvalue weighted by Gasteiger charge is 2.28. The van der Waals surface area contributed by atoms with Crippen molar-refractivity contribution in [2.75, 3.05) is 18.6 Å². The second kappa shape index (κ2) is 5.93. The van der Waals surface area contributed by atoms with Crippen LogP contribution in [0.3, 0.4) is 0 Å². The summed E-state index contributed by atoms with van der Waals surface area (Å²) in [5, 5.41) is 30.7. The molecule has 10 nitrogen and oxygen atoms in total. The Morgan fingerprint density at radius 2 is 2.13 bits per heavy atom. The molecule has 1 aromatic carbocycles. The number of halogens is 1. The van der Waals surface area contributed by atoms with Crippen LogP contribution in [-0.2, 0) is 0 Å². The van der Waals surface area contributed by atoms with E-state index in [4.69, 9.17) is 16.2 Å². The topological polar surface area (TPSA) is 174 Å². The first-order valence-electron chi connectivity index (χ1n) is 5.89. The molecule has 0 radical (unpaired) electrons. The molecule has 0 saturated carbocycles. The van der Waals surface area contributed by atoms with Crippen molar-refractivity contribution in [2.24, 2.45) is 0 Å². The van der Waals surface area contributed by atoms with Crippen LogP contribution in [0.4, 0.5) is 17.5 Å². The second-order valence-corrected chi connectivity index (χ2v) is 4.99. The first-order chi connectivity index (χ1) is 10.8. The number of benzene rings is 1. The summed E-state index contributed by atoms with van der Waals surface area (Å²) >= 11 is 3.04. The summed E-state index contributed by atoms with van der Waals surface area (Å²) in [6.45, 7) is 0. The Hall–Kier alpha value is -3.13. The number of methoxy groups -OCH3 is 1. The molecular weight excluding hydrogens is 372 g/mol. The van der Waals surface area contributed by atoms with Gasteiger partial charge in [-0.25, -0.2) is 4.98 Å². The summed E-state index contributed by atoms with van der Waals surface area (Å²) in [7, 11) is 1.23. The lowest BCUT2D eigenvalue weighted by atomic mass is 10.0. The van der Waals surface area contributed by atoms with Crippen LogP contribution < -0.4 is 16.2 Å². The van der Waals surface area contributed by atoms with Gasteiger partial charge >= 0.3 is 0 Å². The Morgan fingerprint density at radius 1 is 1.48 bits per heavy atom. The zero-order chi connectivity index (χ0) is 17.3. The van der Waals surface area contributed by atoms with Crippen molar-refractivity contribution >= 4 is 33.4 Å². The number of anilines is 2. The standard InChI is InChI=1S/C12H9BrN6O4/c1-23-6-2-5(19(21)22)8(13)7(10(6)20)9-4(3-14)11(15)18-12(16)17-9/h2,20H,1H3,(H4,15,16,17,18). The molecular formula is C12H9BrN6O4. The van der Waals surface area contributed by atoms with Crippen LogP contribution >= 0.6 is 15.9 Å². The van der Waals surface area contributed by atoms with Crippen molar-refractivity contribution in [3.8, 4) is 28.8 Å². The first kappa shape index (κ1) is 16.2. The lowest BCUT2D eigenvalue weighted by Gasteiger charge is -2.13. The van der Waals surface area contributed by atoms with Crippen LogP contribution in [0.25, 0.3) is 11.3 Å². The maximum Gasteiger partial charge on any atom is 0.288 e. The van der Waals surface area contributed by atoms with Gasteiger partial charge in [-0.1, -0.05) is 0 Å². The smallest absolute Gasteiger partial charge is 0.288 e. The summed E-state index contributed by atoms with van der Waals surface area (Å²) in [5.74, 6) is -1.10. The molecule has 0 spiro atoms. The summed E-state index contributed by atoms with van der Waals surface area (Å²) in [4.78, 5) is 18.0. The second-order valence-electron chi connectivity index (χ2n) is 4.20. The molecule has 5 N–H and O–H groups in total. The number of nitro benzene ring substituents is 1. The van der Waals surface area contributed by atoms with Crippen molar-refractivity contribution in [1.29, 1.82) is 5.26 Å². The number of phenolic OH excluding ortho intramolecular Hbond substituents is 1. The molecule has 0 unspecified atom stereocenters. The van der Waals surface area contributed by atoms with E-state index in [1.807, 2.05) is 0 Å². The average Bonchev–Trinajstić information content (AvgIpc) is 2.46. The molecule has 11 heteroatoms. The predicted octanol–water partition coefficient (Wildman–Crippen LogP) is 1.56. The molecule has 0 saturated heterocycles. The highest BCUT2D eigenvalue weighted by atomic mass is 79.9. The van der Waals surface area contributed by atoms with Gasteiger partial charge in [0.05, 0.1) is 23.7 Å². The van der Waals surface area contributed by atoms with Crippen molar-refractivity contribution in [1.82, 2.24) is 9.97 Å². The molecule has 1 heterocycles. The van der Waals surface area contributed by atoms with Crippen LogP contribution in [0.1, 0.15) is 5.56 Å². The van der Waals surface area contributed by atoms with Gasteiger partial charge in [0.15, 0.2) is 11.5 Å². The molecule has 0 amide bonds. The van der Waals surface area contributed by atoms with Gasteiger partial charge in [-0.2, -0.15) is 10.2 Å². The number of aromatic hydroxyl groups is 1. The van der Waals surface area contributed by atoms with Gasteiger partial charge in [-0.05, 0) is 15.9 Å². The van der Waals surface area contributed by atoms with E-state index in [0.717, 1.165) is 6.07 Å². The van der Waals surface area contributed by atoms with Crippen LogP contribution in [0.15, 0.2) is 10.5 Å². The predicted molar refractivity (Wildman–Crippen MR) is 83.6 cm³/mol. The number of phenols is 1. The summed E-state index contributed by atoms with van der Waals surface area (Å²) in [6, 6.07) is 2.81. The van der Waals surface area contributed by atoms with Crippen LogP contribution in [-0.4, -0.2) is 27.1 Å². The Labute approximate surface area is 137 Å². The van der Waals surface area contributed by atoms with Gasteiger partial charge in [0.2, 0.25) is 5.95 Å². The minimum absolute atomic E-state index is 0.102. The SMILES string of the molecule is COc1cc([N+](=O)[O-])c(Br)c(-c2nc(N)nc(N)c2C#N)c1O. The minimum Gasteiger partial charge on any atom is -0.504 e. The third kappa shape index (κ3) is 2.67. The Kier molecular flexibility index (Phi) is 4.19. The number of hydrogen-bond acceptors (Lipinski definition) is 9. The lowest BCUT2D eigenvalue weighted by Crippen LogP contribution is -2.06. The maximum atomic E-state index is 11.2. The zero-order valence-corrected chi connectivity index (χ0v) is 13.2. The number of nitro groups is 1. The van der Waals surface area contributed by atoms with Crippen LogP contribution in [0.2, 0.25) is 0 Å². The Balaban J connectivity index is 2.97. The third-order valence-corrected chi connectivity index (χ3v) is 3.70. The van der Waals surface area contributed by atoms with E-state index < -0.39 is 16.4 Å². The fourth-order valence-corrected chi connectivity index (χ4v) is 2.54. The number of nitriles is 1. The molecule has 0 fully saturated rings. The molecule has 0 aliphatic carbocycles. The molecule has 2 aromatic rings. The summed E-state index contributed by atoms with van der Waals surface area (Å²) in [5.41, 5.74) is 10.3. The average molecular weight is 381 g/mol. The molecule has 0 atom stereocenters. The van der Waals surface area contributed by atoms with E-state index in [9.17, 15) is 20.5 Å². The van der Waals surface area contributed by atoms with Crippen molar-refractivity contribution in [2.45, 2.75) is 0 Å². The Morgan fingerprint density at radius 3 is 2.65 bits per heavy atom. The normalized spacial score (nSPS) is 10.1. The quantitative estimate of drug-likeness (QED) is 0.526. The van der Waals surface area contributed by atoms with Crippen molar-refractivity contribution in [3.05, 3.63) is 26.2 Å².